The lowest BCUT2D eigenvalue weighted by Gasteiger charge is -2.18. The number of hydrogen-bond acceptors (Lipinski definition) is 0. The Hall–Kier alpha value is -12.2. The van der Waals surface area contributed by atoms with E-state index in [0.29, 0.717) is 0 Å². The Labute approximate surface area is 745 Å². The summed E-state index contributed by atoms with van der Waals surface area (Å²) in [7, 11) is 15.0. The summed E-state index contributed by atoms with van der Waals surface area (Å²) >= 11 is 0. The summed E-state index contributed by atoms with van der Waals surface area (Å²) in [5, 5.41) is 0. The van der Waals surface area contributed by atoms with Gasteiger partial charge < -0.3 is 0 Å². The summed E-state index contributed by atoms with van der Waals surface area (Å²) in [6.07, 6.45) is 10.9. The predicted octanol–water partition coefficient (Wildman–Crippen LogP) is 25.2. The molecule has 0 atom stereocenters. The molecule has 7 heterocycles. The van der Waals surface area contributed by atoms with Gasteiger partial charge in [0.25, 0.3) is 22.8 Å². The Morgan fingerprint density at radius 2 is 0.468 bits per heavy atom. The molecule has 0 spiro atoms. The number of nitrogens with zero attached hydrogens (tertiary/aromatic N) is 7. The maximum atomic E-state index is 2.38. The van der Waals surface area contributed by atoms with E-state index in [9.17, 15) is 0 Å². The van der Waals surface area contributed by atoms with Crippen LogP contribution in [0.4, 0.5) is 0 Å². The zero-order valence-corrected chi connectivity index (χ0v) is 81.4. The van der Waals surface area contributed by atoms with Crippen molar-refractivity contribution in [3.05, 3.63) is 369 Å². The highest BCUT2D eigenvalue weighted by Crippen LogP contribution is 2.42. The van der Waals surface area contributed by atoms with Crippen LogP contribution in [-0.4, -0.2) is 0 Å². The van der Waals surface area contributed by atoms with Gasteiger partial charge in [0.15, 0.2) is 31.0 Å². The highest BCUT2D eigenvalue weighted by molar-refractivity contribution is 5.85. The van der Waals surface area contributed by atoms with Crippen LogP contribution in [0.2, 0.25) is 0 Å². The Morgan fingerprint density at radius 1 is 0.161 bits per heavy atom. The van der Waals surface area contributed by atoms with Gasteiger partial charge in [-0.15, -0.1) is 0 Å². The fourth-order valence-corrected chi connectivity index (χ4v) is 19.5. The summed E-state index contributed by atoms with van der Waals surface area (Å²) in [5.74, 6) is 0. The second kappa shape index (κ2) is 38.7. The number of aryl methyl sites for hydroxylation is 29. The molecule has 124 heavy (non-hydrogen) atoms. The molecule has 15 rings (SSSR count). The number of pyridine rings is 7. The number of hydrogen-bond donors (Lipinski definition) is 0. The highest BCUT2D eigenvalue weighted by Gasteiger charge is 2.32. The van der Waals surface area contributed by atoms with Crippen molar-refractivity contribution >= 4 is 0 Å². The molecule has 0 aliphatic carbocycles. The number of rotatable bonds is 10. The first-order chi connectivity index (χ1) is 58.6. The molecule has 15 aromatic rings. The van der Waals surface area contributed by atoms with Crippen molar-refractivity contribution in [2.45, 2.75) is 187 Å². The lowest BCUT2D eigenvalue weighted by molar-refractivity contribution is -0.685. The summed E-state index contributed by atoms with van der Waals surface area (Å²) in [6, 6.07) is 68.9. The molecule has 0 amide bonds. The molecule has 0 radical (unpaired) electrons. The first-order valence-electron chi connectivity index (χ1n) is 44.1. The minimum atomic E-state index is 1.23. The van der Waals surface area contributed by atoms with E-state index < -0.39 is 0 Å². The average Bonchev–Trinajstić information content (AvgIpc) is 0.768. The zero-order chi connectivity index (χ0) is 90.6. The molecule has 634 valence electrons. The third-order valence-electron chi connectivity index (χ3n) is 26.0. The lowest BCUT2D eigenvalue weighted by Crippen LogP contribution is -2.41. The van der Waals surface area contributed by atoms with Crippen LogP contribution >= 0.6 is 0 Å². The van der Waals surface area contributed by atoms with Gasteiger partial charge in [0.05, 0.1) is 16.7 Å². The van der Waals surface area contributed by atoms with Crippen LogP contribution in [0.3, 0.4) is 0 Å². The van der Waals surface area contributed by atoms with Crippen molar-refractivity contribution in [2.24, 2.45) is 49.3 Å². The first-order valence-corrected chi connectivity index (χ1v) is 44.1. The van der Waals surface area contributed by atoms with Gasteiger partial charge in [-0.3, -0.25) is 0 Å². The summed E-state index contributed by atoms with van der Waals surface area (Å²) in [6.45, 7) is 59.5. The second-order valence-electron chi connectivity index (χ2n) is 36.1. The molecule has 7 heteroatoms. The largest absolute Gasteiger partial charge is 0.280 e. The minimum absolute atomic E-state index is 1.23. The standard InChI is InChI=1S/C25H32N2.C24H30N2.2C23H26N.C22H24N/c1-15-10-18(4)22(12-16(15)2)24-19(5)11-20(6)25(27(24)9)23-13-17(3)21(7)14-26(23)8;1-15-9-10-22(25(7)14-15)24-20(6)12-19(5)23(26(24)8)21-13-17(3)16(2)11-18(21)4;1-15-11-12-21(24(6)14-15)23-18(4)13-17(3)22(19(23)5)20-10-8-7-9-16(20)2;1-15-11-12-24(6)21(13-15)23-18(4)14-17(3)22(19(23)5)20-10-8-7-9-16(20)2;1-15-10-6-7-11-19(15)21-16(2)14-17(3)22(18(21)4)20-12-8-9-13-23(20)5/h10-14H,1-9H3;9-14H,1-8H3;2*7-14H,1-6H3;6-14H,1-5H3/q2*+2;3*+1. The predicted molar refractivity (Wildman–Crippen MR) is 523 cm³/mol. The van der Waals surface area contributed by atoms with E-state index in [2.05, 4.69) is 487 Å². The Kier molecular flexibility index (Phi) is 28.9. The second-order valence-corrected chi connectivity index (χ2v) is 36.1. The third kappa shape index (κ3) is 19.4. The third-order valence-corrected chi connectivity index (χ3v) is 26.0. The maximum absolute atomic E-state index is 2.38. The molecular weight excluding hydrogens is 1500 g/mol. The van der Waals surface area contributed by atoms with Gasteiger partial charge in [-0.1, -0.05) is 103 Å². The van der Waals surface area contributed by atoms with E-state index in [-0.39, 0.29) is 0 Å². The first kappa shape index (κ1) is 92.5. The van der Waals surface area contributed by atoms with E-state index in [1.165, 1.54) is 263 Å². The van der Waals surface area contributed by atoms with Crippen molar-refractivity contribution in [2.75, 3.05) is 0 Å². The van der Waals surface area contributed by atoms with Crippen LogP contribution in [0, 0.1) is 187 Å². The molecule has 0 unspecified atom stereocenters. The Balaban J connectivity index is 0.000000151. The zero-order valence-electron chi connectivity index (χ0n) is 81.4. The van der Waals surface area contributed by atoms with Crippen LogP contribution in [-0.2, 0) is 49.3 Å². The molecule has 0 saturated heterocycles. The molecule has 0 bridgehead atoms. The number of benzene rings is 8. The Bertz CT molecular complexity index is 6480. The summed E-state index contributed by atoms with van der Waals surface area (Å²) in [5.41, 5.74) is 62.1. The lowest BCUT2D eigenvalue weighted by atomic mass is 9.86. The van der Waals surface area contributed by atoms with Crippen LogP contribution in [0.25, 0.3) is 112 Å². The molecular formula is C117H138N7+7. The highest BCUT2D eigenvalue weighted by atomic mass is 15.0. The molecule has 0 fully saturated rings. The SMILES string of the molecule is Cc1cc(C)c(-c2c(C)cc(C)c(-c3cc(C)c(C)c[n+]3C)[n+]2C)cc1C.Cc1cc[n+](C)c(-c2c(C)cc(C)c(-c3ccccc3C)c2C)c1.Cc1ccc(-c2c(C)cc(C)c(-c3cc(C)c(C)cc3C)[n+]2C)[n+](C)c1.Cc1ccc(-c2c(C)cc(C)c(-c3ccccc3C)c2C)[n+](C)c1.Cc1ccccc1-c1c(C)cc(C)c(-c2cccc[n+]2C)c1C. The van der Waals surface area contributed by atoms with Gasteiger partial charge in [-0.2, -0.15) is 18.3 Å². The fourth-order valence-electron chi connectivity index (χ4n) is 19.5. The average molecular weight is 1640 g/mol. The van der Waals surface area contributed by atoms with Crippen LogP contribution in [0.1, 0.15) is 150 Å². The van der Waals surface area contributed by atoms with Crippen molar-refractivity contribution < 1.29 is 32.0 Å². The van der Waals surface area contributed by atoms with E-state index >= 15 is 0 Å². The van der Waals surface area contributed by atoms with Crippen molar-refractivity contribution in [3.63, 3.8) is 0 Å². The molecule has 7 nitrogen and oxygen atoms in total. The maximum Gasteiger partial charge on any atom is 0.280 e. The van der Waals surface area contributed by atoms with Crippen molar-refractivity contribution in [3.8, 4) is 112 Å². The smallest absolute Gasteiger partial charge is 0.201 e. The van der Waals surface area contributed by atoms with Crippen LogP contribution in [0.5, 0.6) is 0 Å². The van der Waals surface area contributed by atoms with Gasteiger partial charge in [-0.25, -0.2) is 13.7 Å². The minimum Gasteiger partial charge on any atom is -0.201 e. The molecule has 8 aromatic carbocycles. The number of aromatic nitrogens is 7. The molecule has 0 N–H and O–H groups in total. The van der Waals surface area contributed by atoms with Gasteiger partial charge in [0.2, 0.25) is 28.5 Å². The Morgan fingerprint density at radius 3 is 0.863 bits per heavy atom. The van der Waals surface area contributed by atoms with E-state index in [0.717, 1.165) is 0 Å². The normalized spacial score (nSPS) is 11.0. The van der Waals surface area contributed by atoms with E-state index in [1.54, 1.807) is 0 Å². The van der Waals surface area contributed by atoms with Gasteiger partial charge in [-0.05, 0) is 374 Å². The van der Waals surface area contributed by atoms with Crippen LogP contribution < -0.4 is 32.0 Å². The van der Waals surface area contributed by atoms with Crippen LogP contribution in [0.15, 0.2) is 219 Å². The summed E-state index contributed by atoms with van der Waals surface area (Å²) in [4.78, 5) is 0. The van der Waals surface area contributed by atoms with Gasteiger partial charge in [0.1, 0.15) is 49.3 Å². The quantitative estimate of drug-likeness (QED) is 0.122. The molecule has 0 saturated carbocycles. The van der Waals surface area contributed by atoms with Crippen molar-refractivity contribution in [1.82, 2.24) is 0 Å². The molecule has 0 aliphatic rings. The summed E-state index contributed by atoms with van der Waals surface area (Å²) < 4.78 is 15.9. The topological polar surface area (TPSA) is 27.2 Å². The molecule has 0 aliphatic heterocycles. The van der Waals surface area contributed by atoms with Crippen molar-refractivity contribution in [1.29, 1.82) is 0 Å². The molecule has 7 aromatic heterocycles. The van der Waals surface area contributed by atoms with E-state index in [4.69, 9.17) is 0 Å². The van der Waals surface area contributed by atoms with E-state index in [1.807, 2.05) is 0 Å². The fraction of sp³-hybridized carbons (Fsp3) is 0.291. The van der Waals surface area contributed by atoms with Gasteiger partial charge in [0, 0.05) is 92.5 Å². The van der Waals surface area contributed by atoms with Gasteiger partial charge >= 0.3 is 0 Å². The monoisotopic (exact) mass is 1640 g/mol.